The third-order valence-electron chi connectivity index (χ3n) is 6.62. The highest BCUT2D eigenvalue weighted by Crippen LogP contribution is 2.25. The molecule has 2 aromatic heterocycles. The van der Waals surface area contributed by atoms with E-state index in [0.29, 0.717) is 36.0 Å². The summed E-state index contributed by atoms with van der Waals surface area (Å²) in [5.74, 6) is -0.232. The van der Waals surface area contributed by atoms with Crippen LogP contribution in [0.25, 0.3) is 11.0 Å². The van der Waals surface area contributed by atoms with Gasteiger partial charge in [0, 0.05) is 24.7 Å². The van der Waals surface area contributed by atoms with Gasteiger partial charge in [-0.05, 0) is 61.6 Å². The largest absolute Gasteiger partial charge is 0.497 e. The number of nitrogens with zero attached hydrogens (tertiary/aromatic N) is 2. The lowest BCUT2D eigenvalue weighted by molar-refractivity contribution is -0.125. The van der Waals surface area contributed by atoms with Crippen molar-refractivity contribution in [2.45, 2.75) is 56.3 Å². The van der Waals surface area contributed by atoms with E-state index in [9.17, 15) is 23.1 Å². The number of aliphatic hydroxyl groups excluding tert-OH is 1. The normalized spacial score (nSPS) is 19.4. The lowest BCUT2D eigenvalue weighted by atomic mass is 10.0. The first kappa shape index (κ1) is 28.5. The van der Waals surface area contributed by atoms with Crippen LogP contribution in [0, 0.1) is 5.92 Å². The third kappa shape index (κ3) is 6.75. The van der Waals surface area contributed by atoms with Crippen LogP contribution >= 0.6 is 0 Å². The average molecular weight is 559 g/mol. The van der Waals surface area contributed by atoms with Crippen LogP contribution in [0.15, 0.2) is 58.1 Å². The quantitative estimate of drug-likeness (QED) is 0.362. The summed E-state index contributed by atoms with van der Waals surface area (Å²) in [5.41, 5.74) is 0.512. The molecule has 4 rings (SSSR count). The lowest BCUT2D eigenvalue weighted by Crippen LogP contribution is -2.54. The molecule has 39 heavy (non-hydrogen) atoms. The molecule has 0 radical (unpaired) electrons. The van der Waals surface area contributed by atoms with E-state index in [1.165, 1.54) is 16.6 Å². The number of amides is 2. The van der Waals surface area contributed by atoms with Gasteiger partial charge in [-0.25, -0.2) is 13.4 Å². The van der Waals surface area contributed by atoms with E-state index in [4.69, 9.17) is 9.15 Å². The topological polar surface area (TPSA) is 151 Å². The summed E-state index contributed by atoms with van der Waals surface area (Å²) in [6.07, 6.45) is 1.41. The Morgan fingerprint density at radius 2 is 2.03 bits per heavy atom. The molecular weight excluding hydrogens is 524 g/mol. The molecule has 0 aliphatic carbocycles. The maximum Gasteiger partial charge on any atom is 0.287 e. The SMILES string of the molecule is COc1ccc2oc(C(=O)N[C@@H](CC(C)C)C(=O)NC3CCCN(S(=O)(=O)c4ccccn4)CC3O)cc2c1. The molecule has 0 spiro atoms. The molecule has 0 bridgehead atoms. The lowest BCUT2D eigenvalue weighted by Gasteiger charge is -2.27. The zero-order chi connectivity index (χ0) is 28.2. The van der Waals surface area contributed by atoms with Gasteiger partial charge in [-0.1, -0.05) is 19.9 Å². The Hall–Kier alpha value is -3.48. The number of ether oxygens (including phenoxy) is 1. The molecule has 0 saturated carbocycles. The molecule has 2 amide bonds. The Kier molecular flexibility index (Phi) is 8.88. The van der Waals surface area contributed by atoms with Crippen molar-refractivity contribution < 1.29 is 32.3 Å². The summed E-state index contributed by atoms with van der Waals surface area (Å²) in [6, 6.07) is 9.81. The average Bonchev–Trinajstić information content (AvgIpc) is 3.26. The molecule has 210 valence electrons. The van der Waals surface area contributed by atoms with E-state index in [-0.39, 0.29) is 29.8 Å². The van der Waals surface area contributed by atoms with Gasteiger partial charge in [0.25, 0.3) is 15.9 Å². The van der Waals surface area contributed by atoms with Crippen molar-refractivity contribution in [3.63, 3.8) is 0 Å². The molecule has 1 aromatic carbocycles. The summed E-state index contributed by atoms with van der Waals surface area (Å²) in [7, 11) is -2.34. The minimum absolute atomic E-state index is 0.0599. The highest BCUT2D eigenvalue weighted by Gasteiger charge is 2.35. The van der Waals surface area contributed by atoms with Gasteiger partial charge in [0.15, 0.2) is 10.8 Å². The van der Waals surface area contributed by atoms with Gasteiger partial charge in [0.1, 0.15) is 17.4 Å². The molecule has 3 atom stereocenters. The molecule has 2 unspecified atom stereocenters. The Balaban J connectivity index is 1.44. The second-order valence-corrected chi connectivity index (χ2v) is 11.9. The van der Waals surface area contributed by atoms with E-state index in [1.807, 2.05) is 13.8 Å². The number of β-amino-alcohol motifs (C(OH)–C–C–N with tert-alkyl or cyclic N) is 1. The maximum atomic E-state index is 13.3. The number of fused-ring (bicyclic) bond motifs is 1. The van der Waals surface area contributed by atoms with E-state index in [2.05, 4.69) is 15.6 Å². The minimum atomic E-state index is -3.89. The summed E-state index contributed by atoms with van der Waals surface area (Å²) in [5, 5.41) is 17.1. The first-order chi connectivity index (χ1) is 18.6. The van der Waals surface area contributed by atoms with E-state index in [0.717, 1.165) is 0 Å². The van der Waals surface area contributed by atoms with E-state index < -0.39 is 40.0 Å². The van der Waals surface area contributed by atoms with Gasteiger partial charge < -0.3 is 24.9 Å². The van der Waals surface area contributed by atoms with Crippen LogP contribution in [-0.4, -0.2) is 73.0 Å². The predicted molar refractivity (Wildman–Crippen MR) is 144 cm³/mol. The Morgan fingerprint density at radius 3 is 2.72 bits per heavy atom. The molecule has 3 aromatic rings. The fourth-order valence-electron chi connectivity index (χ4n) is 4.60. The van der Waals surface area contributed by atoms with Gasteiger partial charge in [-0.2, -0.15) is 4.31 Å². The molecule has 3 N–H and O–H groups in total. The Morgan fingerprint density at radius 1 is 1.23 bits per heavy atom. The van der Waals surface area contributed by atoms with E-state index in [1.54, 1.807) is 43.5 Å². The van der Waals surface area contributed by atoms with Crippen LogP contribution in [0.1, 0.15) is 43.7 Å². The summed E-state index contributed by atoms with van der Waals surface area (Å²) in [4.78, 5) is 30.3. The summed E-state index contributed by atoms with van der Waals surface area (Å²) >= 11 is 0. The highest BCUT2D eigenvalue weighted by atomic mass is 32.2. The molecule has 1 aliphatic heterocycles. The fourth-order valence-corrected chi connectivity index (χ4v) is 6.03. The number of benzene rings is 1. The minimum Gasteiger partial charge on any atom is -0.497 e. The number of aromatic nitrogens is 1. The Bertz CT molecular complexity index is 1410. The number of methoxy groups -OCH3 is 1. The Labute approximate surface area is 227 Å². The van der Waals surface area contributed by atoms with Crippen molar-refractivity contribution in [1.82, 2.24) is 19.9 Å². The van der Waals surface area contributed by atoms with Crippen LogP contribution < -0.4 is 15.4 Å². The van der Waals surface area contributed by atoms with Gasteiger partial charge >= 0.3 is 0 Å². The first-order valence-corrected chi connectivity index (χ1v) is 14.3. The van der Waals surface area contributed by atoms with Crippen molar-refractivity contribution in [3.05, 3.63) is 54.4 Å². The van der Waals surface area contributed by atoms with Gasteiger partial charge in [-0.15, -0.1) is 0 Å². The van der Waals surface area contributed by atoms with Gasteiger partial charge in [0.05, 0.1) is 19.3 Å². The van der Waals surface area contributed by atoms with E-state index >= 15 is 0 Å². The number of pyridine rings is 1. The van der Waals surface area contributed by atoms with Crippen LogP contribution in [-0.2, 0) is 14.8 Å². The fraction of sp³-hybridized carbons (Fsp3) is 0.444. The number of carbonyl (C=O) groups excluding carboxylic acids is 2. The number of carbonyl (C=O) groups is 2. The second-order valence-electron chi connectivity index (χ2n) is 10.0. The van der Waals surface area contributed by atoms with Crippen LogP contribution in [0.3, 0.4) is 0 Å². The highest BCUT2D eigenvalue weighted by molar-refractivity contribution is 7.89. The number of hydrogen-bond donors (Lipinski definition) is 3. The number of hydrogen-bond acceptors (Lipinski definition) is 8. The zero-order valence-corrected chi connectivity index (χ0v) is 23.0. The van der Waals surface area contributed by atoms with Crippen molar-refractivity contribution in [2.24, 2.45) is 5.92 Å². The van der Waals surface area contributed by atoms with Crippen molar-refractivity contribution in [2.75, 3.05) is 20.2 Å². The van der Waals surface area contributed by atoms with Crippen molar-refractivity contribution >= 4 is 32.8 Å². The maximum absolute atomic E-state index is 13.3. The molecule has 11 nitrogen and oxygen atoms in total. The second kappa shape index (κ2) is 12.1. The first-order valence-electron chi connectivity index (χ1n) is 12.9. The summed E-state index contributed by atoms with van der Waals surface area (Å²) in [6.45, 7) is 3.86. The number of aliphatic hydroxyl groups is 1. The number of rotatable bonds is 9. The number of nitrogens with one attached hydrogen (secondary N) is 2. The number of sulfonamides is 1. The molecule has 1 aliphatic rings. The van der Waals surface area contributed by atoms with Crippen molar-refractivity contribution in [3.8, 4) is 5.75 Å². The molecule has 1 fully saturated rings. The summed E-state index contributed by atoms with van der Waals surface area (Å²) < 4.78 is 38.1. The van der Waals surface area contributed by atoms with Crippen LogP contribution in [0.4, 0.5) is 0 Å². The van der Waals surface area contributed by atoms with Crippen molar-refractivity contribution in [1.29, 1.82) is 0 Å². The molecule has 12 heteroatoms. The van der Waals surface area contributed by atoms with Gasteiger partial charge in [0.2, 0.25) is 5.91 Å². The number of furan rings is 1. The van der Waals surface area contributed by atoms with Crippen LogP contribution in [0.2, 0.25) is 0 Å². The molecule has 1 saturated heterocycles. The molecular formula is C27H34N4O7S. The predicted octanol–water partition coefficient (Wildman–Crippen LogP) is 2.31. The monoisotopic (exact) mass is 558 g/mol. The third-order valence-corrected chi connectivity index (χ3v) is 8.41. The molecule has 3 heterocycles. The zero-order valence-electron chi connectivity index (χ0n) is 22.2. The smallest absolute Gasteiger partial charge is 0.287 e. The van der Waals surface area contributed by atoms with Crippen LogP contribution in [0.5, 0.6) is 5.75 Å². The standard InChI is InChI=1S/C27H34N4O7S/c1-17(2)13-21(30-27(34)24-15-18-14-19(37-3)9-10-23(18)38-24)26(33)29-20-7-6-12-31(16-22(20)32)39(35,36)25-8-4-5-11-28-25/h4-5,8-11,14-15,17,20-22,32H,6-7,12-13,16H2,1-3H3,(H,29,33)(H,30,34)/t20?,21-,22?/m0/s1. The van der Waals surface area contributed by atoms with Gasteiger partial charge in [-0.3, -0.25) is 9.59 Å².